The Balaban J connectivity index is 1.78. The van der Waals surface area contributed by atoms with Crippen molar-refractivity contribution in [2.75, 3.05) is 18.6 Å². The third kappa shape index (κ3) is 3.35. The molecule has 1 aromatic heterocycles. The molecule has 1 heterocycles. The van der Waals surface area contributed by atoms with Gasteiger partial charge < -0.3 is 14.3 Å². The molecule has 0 spiro atoms. The predicted molar refractivity (Wildman–Crippen MR) is 90.3 cm³/mol. The highest BCUT2D eigenvalue weighted by atomic mass is 32.2. The zero-order valence-electron chi connectivity index (χ0n) is 12.7. The van der Waals surface area contributed by atoms with Gasteiger partial charge in [-0.15, -0.1) is 0 Å². The van der Waals surface area contributed by atoms with Crippen LogP contribution in [0, 0.1) is 0 Å². The molecule has 0 fully saturated rings. The largest absolute Gasteiger partial charge is 0.868 e. The number of fused-ring (bicyclic) bond motifs is 1. The molecule has 118 valence electrons. The third-order valence-electron chi connectivity index (χ3n) is 3.48. The first-order chi connectivity index (χ1) is 11.2. The minimum absolute atomic E-state index is 0.223. The first-order valence-electron chi connectivity index (χ1n) is 7.20. The quantitative estimate of drug-likeness (QED) is 0.533. The molecule has 1 unspecified atom stereocenters. The summed E-state index contributed by atoms with van der Waals surface area (Å²) in [6.45, 7) is 0.440. The van der Waals surface area contributed by atoms with Gasteiger partial charge in [0, 0.05) is 16.3 Å². The average molecular weight is 328 g/mol. The molecule has 3 aromatic rings. The molecule has 0 aliphatic rings. The van der Waals surface area contributed by atoms with Crippen LogP contribution >= 0.6 is 0 Å². The summed E-state index contributed by atoms with van der Waals surface area (Å²) in [7, 11) is -0.530. The van der Waals surface area contributed by atoms with Crippen molar-refractivity contribution in [3.63, 3.8) is 0 Å². The van der Waals surface area contributed by atoms with E-state index in [-0.39, 0.29) is 10.6 Å². The Morgan fingerprint density at radius 3 is 2.57 bits per heavy atom. The van der Waals surface area contributed by atoms with Crippen LogP contribution in [-0.4, -0.2) is 18.6 Å². The SMILES string of the molecule is C[S+](CCOc1ccccc1)c1c([O-])c2ccccc2oc1=O. The van der Waals surface area contributed by atoms with E-state index in [2.05, 4.69) is 0 Å². The van der Waals surface area contributed by atoms with Gasteiger partial charge in [-0.25, -0.2) is 4.79 Å². The van der Waals surface area contributed by atoms with E-state index in [0.717, 1.165) is 5.75 Å². The smallest absolute Gasteiger partial charge is 0.391 e. The van der Waals surface area contributed by atoms with Crippen LogP contribution in [0.15, 0.2) is 68.7 Å². The van der Waals surface area contributed by atoms with Crippen molar-refractivity contribution in [2.24, 2.45) is 0 Å². The van der Waals surface area contributed by atoms with E-state index in [1.54, 1.807) is 24.3 Å². The van der Waals surface area contributed by atoms with Gasteiger partial charge in [0.25, 0.3) is 0 Å². The van der Waals surface area contributed by atoms with Crippen molar-refractivity contribution in [2.45, 2.75) is 4.90 Å². The van der Waals surface area contributed by atoms with Gasteiger partial charge in [0.1, 0.15) is 29.9 Å². The van der Waals surface area contributed by atoms with E-state index in [1.165, 1.54) is 0 Å². The topological polar surface area (TPSA) is 62.5 Å². The second kappa shape index (κ2) is 6.79. The van der Waals surface area contributed by atoms with Gasteiger partial charge in [-0.1, -0.05) is 36.4 Å². The molecule has 0 aliphatic heterocycles. The summed E-state index contributed by atoms with van der Waals surface area (Å²) in [4.78, 5) is 12.4. The van der Waals surface area contributed by atoms with Gasteiger partial charge in [0.05, 0.1) is 0 Å². The summed E-state index contributed by atoms with van der Waals surface area (Å²) in [6, 6.07) is 16.3. The van der Waals surface area contributed by atoms with Crippen molar-refractivity contribution in [3.05, 3.63) is 65.0 Å². The molecule has 5 heteroatoms. The summed E-state index contributed by atoms with van der Waals surface area (Å²) in [5, 5.41) is 13.0. The first-order valence-corrected chi connectivity index (χ1v) is 9.00. The van der Waals surface area contributed by atoms with Crippen LogP contribution in [0.3, 0.4) is 0 Å². The van der Waals surface area contributed by atoms with Gasteiger partial charge in [-0.3, -0.25) is 0 Å². The van der Waals surface area contributed by atoms with Gasteiger partial charge in [0.2, 0.25) is 4.90 Å². The van der Waals surface area contributed by atoms with Gasteiger partial charge in [-0.2, -0.15) is 0 Å². The molecule has 1 atom stereocenters. The van der Waals surface area contributed by atoms with E-state index in [9.17, 15) is 9.90 Å². The molecule has 2 aromatic carbocycles. The summed E-state index contributed by atoms with van der Waals surface area (Å²) >= 11 is 0. The van der Waals surface area contributed by atoms with Crippen LogP contribution in [0.5, 0.6) is 11.5 Å². The van der Waals surface area contributed by atoms with E-state index in [4.69, 9.17) is 9.15 Å². The molecule has 0 aliphatic carbocycles. The Hall–Kier alpha value is -2.40. The standard InChI is InChI=1S/C18H16O4S/c1-23(12-11-21-13-7-3-2-4-8-13)17-16(19)14-9-5-6-10-15(14)22-18(17)20/h2-10H,11-12H2,1H3. The first kappa shape index (κ1) is 15.5. The Kier molecular flexibility index (Phi) is 4.57. The van der Waals surface area contributed by atoms with E-state index in [1.807, 2.05) is 36.6 Å². The molecule has 0 amide bonds. The van der Waals surface area contributed by atoms with Crippen molar-refractivity contribution >= 4 is 21.9 Å². The number of ether oxygens (including phenoxy) is 1. The molecule has 0 saturated heterocycles. The fourth-order valence-electron chi connectivity index (χ4n) is 2.31. The minimum atomic E-state index is -0.542. The fourth-order valence-corrected chi connectivity index (χ4v) is 3.60. The van der Waals surface area contributed by atoms with Crippen LogP contribution < -0.4 is 15.5 Å². The molecule has 0 radical (unpaired) electrons. The number of hydrogen-bond donors (Lipinski definition) is 0. The van der Waals surface area contributed by atoms with Crippen LogP contribution in [0.25, 0.3) is 11.0 Å². The number of hydrogen-bond acceptors (Lipinski definition) is 4. The Bertz CT molecular complexity index is 858. The normalized spacial score (nSPS) is 12.2. The Labute approximate surface area is 136 Å². The van der Waals surface area contributed by atoms with Crippen LogP contribution in [-0.2, 0) is 10.9 Å². The lowest BCUT2D eigenvalue weighted by atomic mass is 10.2. The highest BCUT2D eigenvalue weighted by Crippen LogP contribution is 2.27. The zero-order chi connectivity index (χ0) is 16.2. The van der Waals surface area contributed by atoms with Crippen LogP contribution in [0.2, 0.25) is 0 Å². The highest BCUT2D eigenvalue weighted by Gasteiger charge is 2.23. The molecule has 0 saturated carbocycles. The summed E-state index contributed by atoms with van der Waals surface area (Å²) in [5.74, 6) is 1.13. The summed E-state index contributed by atoms with van der Waals surface area (Å²) in [5.41, 5.74) is -0.206. The molecule has 0 bridgehead atoms. The lowest BCUT2D eigenvalue weighted by Crippen LogP contribution is -2.22. The lowest BCUT2D eigenvalue weighted by Gasteiger charge is -2.13. The highest BCUT2D eigenvalue weighted by molar-refractivity contribution is 7.96. The minimum Gasteiger partial charge on any atom is -0.868 e. The molecule has 3 rings (SSSR count). The zero-order valence-corrected chi connectivity index (χ0v) is 13.5. The van der Waals surface area contributed by atoms with Crippen molar-refractivity contribution in [1.82, 2.24) is 0 Å². The van der Waals surface area contributed by atoms with Crippen LogP contribution in [0.1, 0.15) is 0 Å². The predicted octanol–water partition coefficient (Wildman–Crippen LogP) is 2.55. The monoisotopic (exact) mass is 328 g/mol. The average Bonchev–Trinajstić information content (AvgIpc) is 2.56. The van der Waals surface area contributed by atoms with E-state index < -0.39 is 16.5 Å². The molecule has 4 nitrogen and oxygen atoms in total. The Morgan fingerprint density at radius 1 is 1.09 bits per heavy atom. The van der Waals surface area contributed by atoms with Gasteiger partial charge in [-0.05, 0) is 23.9 Å². The van der Waals surface area contributed by atoms with Gasteiger partial charge in [0.15, 0.2) is 0 Å². The fraction of sp³-hybridized carbons (Fsp3) is 0.167. The number of para-hydroxylation sites is 2. The third-order valence-corrected chi connectivity index (χ3v) is 5.30. The Morgan fingerprint density at radius 2 is 1.78 bits per heavy atom. The maximum atomic E-state index is 12.5. The second-order valence-electron chi connectivity index (χ2n) is 5.05. The van der Waals surface area contributed by atoms with E-state index >= 15 is 0 Å². The lowest BCUT2D eigenvalue weighted by molar-refractivity contribution is -0.270. The van der Waals surface area contributed by atoms with E-state index in [0.29, 0.717) is 23.3 Å². The molecular formula is C18H16O4S. The van der Waals surface area contributed by atoms with Crippen LogP contribution in [0.4, 0.5) is 0 Å². The van der Waals surface area contributed by atoms with Crippen molar-refractivity contribution in [3.8, 4) is 11.5 Å². The maximum absolute atomic E-state index is 12.5. The maximum Gasteiger partial charge on any atom is 0.391 e. The van der Waals surface area contributed by atoms with Gasteiger partial charge >= 0.3 is 5.63 Å². The van der Waals surface area contributed by atoms with Crippen molar-refractivity contribution < 1.29 is 14.3 Å². The number of rotatable bonds is 5. The summed E-state index contributed by atoms with van der Waals surface area (Å²) in [6.07, 6.45) is 1.87. The number of benzene rings is 2. The summed E-state index contributed by atoms with van der Waals surface area (Å²) < 4.78 is 10.9. The molecule has 23 heavy (non-hydrogen) atoms. The molecular weight excluding hydrogens is 312 g/mol. The second-order valence-corrected chi connectivity index (χ2v) is 7.14. The molecule has 0 N–H and O–H groups in total. The van der Waals surface area contributed by atoms with Crippen molar-refractivity contribution in [1.29, 1.82) is 0 Å².